The first-order valence-electron chi connectivity index (χ1n) is 5.64. The second-order valence-corrected chi connectivity index (χ2v) is 3.88. The Kier molecular flexibility index (Phi) is 3.25. The first-order valence-corrected chi connectivity index (χ1v) is 5.64. The van der Waals surface area contributed by atoms with Crippen molar-refractivity contribution in [2.75, 3.05) is 5.73 Å². The van der Waals surface area contributed by atoms with Crippen LogP contribution in [0.2, 0.25) is 0 Å². The third kappa shape index (κ3) is 2.42. The summed E-state index contributed by atoms with van der Waals surface area (Å²) in [5.41, 5.74) is 7.78. The van der Waals surface area contributed by atoms with Crippen LogP contribution in [0.15, 0.2) is 36.7 Å². The third-order valence-electron chi connectivity index (χ3n) is 2.74. The van der Waals surface area contributed by atoms with Crippen molar-refractivity contribution in [3.8, 4) is 0 Å². The minimum Gasteiger partial charge on any atom is -0.399 e. The lowest BCUT2D eigenvalue weighted by Gasteiger charge is -2.06. The molecule has 0 spiro atoms. The van der Waals surface area contributed by atoms with E-state index in [1.54, 1.807) is 0 Å². The maximum atomic E-state index is 5.65. The zero-order valence-corrected chi connectivity index (χ0v) is 9.56. The average Bonchev–Trinajstić information content (AvgIpc) is 2.76. The fraction of sp³-hybridized carbons (Fsp3) is 0.308. The highest BCUT2D eigenvalue weighted by atomic mass is 15.1. The minimum absolute atomic E-state index is 0.820. The summed E-state index contributed by atoms with van der Waals surface area (Å²) in [6, 6.07) is 8.06. The van der Waals surface area contributed by atoms with Crippen LogP contribution in [0.3, 0.4) is 0 Å². The maximum absolute atomic E-state index is 5.65. The molecule has 2 rings (SSSR count). The molecule has 1 aromatic carbocycles. The molecule has 16 heavy (non-hydrogen) atoms. The van der Waals surface area contributed by atoms with E-state index in [-0.39, 0.29) is 0 Å². The summed E-state index contributed by atoms with van der Waals surface area (Å²) in [7, 11) is 0. The summed E-state index contributed by atoms with van der Waals surface area (Å²) in [6.07, 6.45) is 5.90. The number of rotatable bonds is 4. The number of aryl methyl sites for hydroxylation is 3. The van der Waals surface area contributed by atoms with Gasteiger partial charge in [-0.3, -0.25) is 0 Å². The van der Waals surface area contributed by atoms with Gasteiger partial charge in [-0.05, 0) is 24.1 Å². The standard InChI is InChI=1S/C13H17N3/c1-2-13-15-8-10-16(13)9-7-11-3-5-12(14)6-4-11/h3-6,8,10H,2,7,9,14H2,1H3. The zero-order valence-electron chi connectivity index (χ0n) is 9.56. The van der Waals surface area contributed by atoms with Crippen LogP contribution in [0.25, 0.3) is 0 Å². The summed E-state index contributed by atoms with van der Waals surface area (Å²) in [5, 5.41) is 0. The molecule has 0 bridgehead atoms. The Morgan fingerprint density at radius 1 is 1.25 bits per heavy atom. The van der Waals surface area contributed by atoms with Crippen LogP contribution in [0.4, 0.5) is 5.69 Å². The van der Waals surface area contributed by atoms with E-state index in [0.717, 1.165) is 30.9 Å². The summed E-state index contributed by atoms with van der Waals surface area (Å²) < 4.78 is 2.20. The van der Waals surface area contributed by atoms with Crippen LogP contribution in [0.1, 0.15) is 18.3 Å². The van der Waals surface area contributed by atoms with Crippen molar-refractivity contribution in [2.45, 2.75) is 26.3 Å². The molecule has 0 amide bonds. The quantitative estimate of drug-likeness (QED) is 0.795. The predicted octanol–water partition coefficient (Wildman–Crippen LogP) is 2.27. The molecule has 0 aliphatic heterocycles. The molecule has 1 heterocycles. The number of nitrogens with zero attached hydrogens (tertiary/aromatic N) is 2. The molecular weight excluding hydrogens is 198 g/mol. The molecule has 1 aromatic heterocycles. The Morgan fingerprint density at radius 2 is 2.00 bits per heavy atom. The third-order valence-corrected chi connectivity index (χ3v) is 2.74. The maximum Gasteiger partial charge on any atom is 0.108 e. The number of benzene rings is 1. The lowest BCUT2D eigenvalue weighted by molar-refractivity contribution is 0.656. The zero-order chi connectivity index (χ0) is 11.4. The Morgan fingerprint density at radius 3 is 2.69 bits per heavy atom. The van der Waals surface area contributed by atoms with Crippen molar-refractivity contribution >= 4 is 5.69 Å². The fourth-order valence-electron chi connectivity index (χ4n) is 1.79. The molecule has 2 aromatic rings. The Bertz CT molecular complexity index is 442. The van der Waals surface area contributed by atoms with Gasteiger partial charge in [-0.2, -0.15) is 0 Å². The summed E-state index contributed by atoms with van der Waals surface area (Å²) in [4.78, 5) is 4.30. The normalized spacial score (nSPS) is 10.6. The van der Waals surface area contributed by atoms with E-state index in [1.807, 2.05) is 24.5 Å². The van der Waals surface area contributed by atoms with Crippen LogP contribution in [0, 0.1) is 0 Å². The number of aromatic nitrogens is 2. The molecule has 3 nitrogen and oxygen atoms in total. The number of nitrogen functional groups attached to an aromatic ring is 1. The monoisotopic (exact) mass is 215 g/mol. The molecule has 0 saturated heterocycles. The molecule has 0 atom stereocenters. The van der Waals surface area contributed by atoms with Crippen LogP contribution in [0.5, 0.6) is 0 Å². The lowest BCUT2D eigenvalue weighted by atomic mass is 10.1. The van der Waals surface area contributed by atoms with Crippen molar-refractivity contribution in [1.29, 1.82) is 0 Å². The van der Waals surface area contributed by atoms with E-state index in [9.17, 15) is 0 Å². The average molecular weight is 215 g/mol. The van der Waals surface area contributed by atoms with Crippen molar-refractivity contribution in [2.24, 2.45) is 0 Å². The van der Waals surface area contributed by atoms with Crippen LogP contribution in [-0.4, -0.2) is 9.55 Å². The Balaban J connectivity index is 1.99. The highest BCUT2D eigenvalue weighted by molar-refractivity contribution is 5.39. The van der Waals surface area contributed by atoms with Crippen LogP contribution in [-0.2, 0) is 19.4 Å². The van der Waals surface area contributed by atoms with Gasteiger partial charge in [0.15, 0.2) is 0 Å². The van der Waals surface area contributed by atoms with Gasteiger partial charge in [-0.1, -0.05) is 19.1 Å². The van der Waals surface area contributed by atoms with E-state index >= 15 is 0 Å². The highest BCUT2D eigenvalue weighted by Crippen LogP contribution is 2.08. The molecule has 0 saturated carbocycles. The lowest BCUT2D eigenvalue weighted by Crippen LogP contribution is -2.04. The molecule has 0 aliphatic carbocycles. The molecule has 2 N–H and O–H groups in total. The Hall–Kier alpha value is -1.77. The molecule has 0 aliphatic rings. The SMILES string of the molecule is CCc1nccn1CCc1ccc(N)cc1. The minimum atomic E-state index is 0.820. The van der Waals surface area contributed by atoms with E-state index in [1.165, 1.54) is 5.56 Å². The molecule has 84 valence electrons. The number of anilines is 1. The first-order chi connectivity index (χ1) is 7.79. The van der Waals surface area contributed by atoms with Crippen LogP contribution >= 0.6 is 0 Å². The van der Waals surface area contributed by atoms with Crippen molar-refractivity contribution in [3.63, 3.8) is 0 Å². The summed E-state index contributed by atoms with van der Waals surface area (Å²) in [6.45, 7) is 3.11. The van der Waals surface area contributed by atoms with E-state index < -0.39 is 0 Å². The van der Waals surface area contributed by atoms with E-state index in [2.05, 4.69) is 28.6 Å². The van der Waals surface area contributed by atoms with Crippen LogP contribution < -0.4 is 5.73 Å². The Labute approximate surface area is 95.9 Å². The van der Waals surface area contributed by atoms with Gasteiger partial charge in [0.2, 0.25) is 0 Å². The second-order valence-electron chi connectivity index (χ2n) is 3.88. The number of nitrogens with two attached hydrogens (primary N) is 1. The number of hydrogen-bond acceptors (Lipinski definition) is 2. The van der Waals surface area contributed by atoms with Gasteiger partial charge in [-0.25, -0.2) is 4.98 Å². The van der Waals surface area contributed by atoms with Gasteiger partial charge in [0, 0.05) is 31.0 Å². The van der Waals surface area contributed by atoms with Gasteiger partial charge in [-0.15, -0.1) is 0 Å². The molecular formula is C13H17N3. The van der Waals surface area contributed by atoms with E-state index in [0.29, 0.717) is 0 Å². The first kappa shape index (κ1) is 10.7. The van der Waals surface area contributed by atoms with Gasteiger partial charge in [0.05, 0.1) is 0 Å². The van der Waals surface area contributed by atoms with Crippen molar-refractivity contribution in [1.82, 2.24) is 9.55 Å². The largest absolute Gasteiger partial charge is 0.399 e. The van der Waals surface area contributed by atoms with Gasteiger partial charge in [0.1, 0.15) is 5.82 Å². The van der Waals surface area contributed by atoms with E-state index in [4.69, 9.17) is 5.73 Å². The van der Waals surface area contributed by atoms with Gasteiger partial charge in [0.25, 0.3) is 0 Å². The topological polar surface area (TPSA) is 43.8 Å². The molecule has 3 heteroatoms. The smallest absolute Gasteiger partial charge is 0.108 e. The fourth-order valence-corrected chi connectivity index (χ4v) is 1.79. The van der Waals surface area contributed by atoms with Crippen molar-refractivity contribution < 1.29 is 0 Å². The molecule has 0 radical (unpaired) electrons. The molecule has 0 fully saturated rings. The number of imidazole rings is 1. The predicted molar refractivity (Wildman–Crippen MR) is 66.2 cm³/mol. The second kappa shape index (κ2) is 4.84. The number of hydrogen-bond donors (Lipinski definition) is 1. The van der Waals surface area contributed by atoms with Crippen molar-refractivity contribution in [3.05, 3.63) is 48.0 Å². The summed E-state index contributed by atoms with van der Waals surface area (Å²) >= 11 is 0. The molecule has 0 unspecified atom stereocenters. The van der Waals surface area contributed by atoms with Gasteiger partial charge >= 0.3 is 0 Å². The summed E-state index contributed by atoms with van der Waals surface area (Å²) in [5.74, 6) is 1.15. The highest BCUT2D eigenvalue weighted by Gasteiger charge is 2.00. The van der Waals surface area contributed by atoms with Gasteiger partial charge < -0.3 is 10.3 Å².